The number of nitrogens with one attached hydrogen (secondary N) is 1. The van der Waals surface area contributed by atoms with Gasteiger partial charge in [0.2, 0.25) is 5.91 Å². The van der Waals surface area contributed by atoms with Crippen LogP contribution >= 0.6 is 0 Å². The van der Waals surface area contributed by atoms with Gasteiger partial charge in [0.05, 0.1) is 7.11 Å². The second-order valence-electron chi connectivity index (χ2n) is 10.1. The van der Waals surface area contributed by atoms with Crippen molar-refractivity contribution in [3.05, 3.63) is 34.9 Å². The van der Waals surface area contributed by atoms with Crippen molar-refractivity contribution in [3.63, 3.8) is 0 Å². The monoisotopic (exact) mass is 399 g/mol. The first-order chi connectivity index (χ1) is 13.6. The molecule has 4 nitrogen and oxygen atoms in total. The van der Waals surface area contributed by atoms with Gasteiger partial charge in [-0.1, -0.05) is 52.3 Å². The molecule has 0 spiro atoms. The van der Waals surface area contributed by atoms with E-state index in [-0.39, 0.29) is 16.7 Å². The summed E-state index contributed by atoms with van der Waals surface area (Å²) in [6.45, 7) is 11.5. The Hall–Kier alpha value is -1.84. The number of aryl methyl sites for hydroxylation is 1. The van der Waals surface area contributed by atoms with Crippen LogP contribution in [0, 0.1) is 17.3 Å². The molecule has 2 aliphatic carbocycles. The van der Waals surface area contributed by atoms with Crippen LogP contribution in [0.4, 0.5) is 0 Å². The number of amides is 1. The van der Waals surface area contributed by atoms with Gasteiger partial charge in [-0.05, 0) is 72.0 Å². The minimum atomic E-state index is -0.764. The number of benzene rings is 1. The number of carbonyl (C=O) groups excluding carboxylic acids is 2. The summed E-state index contributed by atoms with van der Waals surface area (Å²) in [4.78, 5) is 24.1. The molecule has 4 atom stereocenters. The van der Waals surface area contributed by atoms with E-state index in [4.69, 9.17) is 4.74 Å². The van der Waals surface area contributed by atoms with Crippen LogP contribution in [0.2, 0.25) is 0 Å². The van der Waals surface area contributed by atoms with E-state index < -0.39 is 11.9 Å². The molecule has 160 valence electrons. The minimum Gasteiger partial charge on any atom is -0.468 e. The molecule has 2 aliphatic rings. The van der Waals surface area contributed by atoms with Gasteiger partial charge in [0.25, 0.3) is 0 Å². The number of esters is 1. The van der Waals surface area contributed by atoms with E-state index in [9.17, 15) is 9.59 Å². The lowest BCUT2D eigenvalue weighted by molar-refractivity contribution is -0.149. The summed E-state index contributed by atoms with van der Waals surface area (Å²) in [6.07, 6.45) is 5.74. The average Bonchev–Trinajstić information content (AvgIpc) is 2.70. The lowest BCUT2D eigenvalue weighted by Crippen LogP contribution is -2.53. The molecule has 4 heteroatoms. The van der Waals surface area contributed by atoms with Gasteiger partial charge in [-0.25, -0.2) is 0 Å². The quantitative estimate of drug-likeness (QED) is 0.574. The zero-order valence-corrected chi connectivity index (χ0v) is 18.9. The molecule has 1 N–H and O–H groups in total. The van der Waals surface area contributed by atoms with Gasteiger partial charge in [0, 0.05) is 6.54 Å². The van der Waals surface area contributed by atoms with E-state index in [1.165, 1.54) is 30.2 Å². The van der Waals surface area contributed by atoms with Crippen LogP contribution < -0.4 is 5.32 Å². The van der Waals surface area contributed by atoms with Gasteiger partial charge >= 0.3 is 5.97 Å². The maximum Gasteiger partial charge on any atom is 0.317 e. The van der Waals surface area contributed by atoms with E-state index in [0.717, 1.165) is 25.7 Å². The number of ether oxygens (including phenoxy) is 1. The molecule has 29 heavy (non-hydrogen) atoms. The van der Waals surface area contributed by atoms with Crippen molar-refractivity contribution in [2.24, 2.45) is 17.3 Å². The van der Waals surface area contributed by atoms with Crippen molar-refractivity contribution in [2.75, 3.05) is 13.7 Å². The van der Waals surface area contributed by atoms with Gasteiger partial charge in [0.1, 0.15) is 5.92 Å². The fraction of sp³-hybridized carbons (Fsp3) is 0.680. The largest absolute Gasteiger partial charge is 0.468 e. The van der Waals surface area contributed by atoms with Crippen LogP contribution in [0.15, 0.2) is 18.2 Å². The second-order valence-corrected chi connectivity index (χ2v) is 10.1. The highest BCUT2D eigenvalue weighted by molar-refractivity contribution is 5.97. The maximum atomic E-state index is 12.5. The summed E-state index contributed by atoms with van der Waals surface area (Å²) in [6, 6.07) is 7.11. The van der Waals surface area contributed by atoms with Crippen LogP contribution in [0.1, 0.15) is 82.9 Å². The summed E-state index contributed by atoms with van der Waals surface area (Å²) in [5, 5.41) is 3.07. The summed E-state index contributed by atoms with van der Waals surface area (Å²) < 4.78 is 4.72. The first-order valence-electron chi connectivity index (χ1n) is 11.1. The fourth-order valence-electron chi connectivity index (χ4n) is 5.94. The predicted molar refractivity (Wildman–Crippen MR) is 116 cm³/mol. The topological polar surface area (TPSA) is 55.4 Å². The van der Waals surface area contributed by atoms with E-state index in [2.05, 4.69) is 51.2 Å². The fourth-order valence-corrected chi connectivity index (χ4v) is 5.94. The van der Waals surface area contributed by atoms with Gasteiger partial charge in [-0.3, -0.25) is 9.59 Å². The number of methoxy groups -OCH3 is 1. The molecule has 0 aromatic heterocycles. The van der Waals surface area contributed by atoms with E-state index >= 15 is 0 Å². The number of carbonyl (C=O) groups is 2. The minimum absolute atomic E-state index is 0.0346. The molecule has 0 aliphatic heterocycles. The standard InChI is InChI=1S/C25H37NO3/c1-16(2)18-8-10-20-19(14-18)9-11-21-24(4,12-7-13-25(20,21)5)15-26-22(27)17(3)23(28)29-6/h8,10,14,16-17,21H,7,9,11-13,15H2,1-6H3,(H,26,27). The molecular formula is C25H37NO3. The second kappa shape index (κ2) is 8.12. The highest BCUT2D eigenvalue weighted by Gasteiger charge is 2.51. The highest BCUT2D eigenvalue weighted by atomic mass is 16.5. The molecule has 1 aromatic rings. The van der Waals surface area contributed by atoms with Crippen molar-refractivity contribution in [3.8, 4) is 0 Å². The Morgan fingerprint density at radius 2 is 1.93 bits per heavy atom. The smallest absolute Gasteiger partial charge is 0.317 e. The number of fused-ring (bicyclic) bond motifs is 3. The van der Waals surface area contributed by atoms with E-state index in [0.29, 0.717) is 18.4 Å². The SMILES string of the molecule is COC(=O)C(C)C(=O)NCC1(C)CCCC2(C)c3ccc(C(C)C)cc3CCC12. The predicted octanol–water partition coefficient (Wildman–Crippen LogP) is 4.75. The van der Waals surface area contributed by atoms with Crippen LogP contribution in [0.3, 0.4) is 0 Å². The molecule has 1 saturated carbocycles. The highest BCUT2D eigenvalue weighted by Crippen LogP contribution is 2.57. The zero-order valence-electron chi connectivity index (χ0n) is 18.9. The van der Waals surface area contributed by atoms with Crippen molar-refractivity contribution >= 4 is 11.9 Å². The van der Waals surface area contributed by atoms with Gasteiger partial charge < -0.3 is 10.1 Å². The van der Waals surface area contributed by atoms with Crippen molar-refractivity contribution in [2.45, 2.75) is 78.1 Å². The maximum absolute atomic E-state index is 12.5. The Balaban J connectivity index is 1.82. The molecule has 0 heterocycles. The molecule has 0 bridgehead atoms. The van der Waals surface area contributed by atoms with Crippen molar-refractivity contribution in [1.29, 1.82) is 0 Å². The van der Waals surface area contributed by atoms with E-state index in [1.54, 1.807) is 6.92 Å². The first kappa shape index (κ1) is 21.9. The molecule has 4 unspecified atom stereocenters. The summed E-state index contributed by atoms with van der Waals surface area (Å²) in [7, 11) is 1.32. The third-order valence-corrected chi connectivity index (χ3v) is 7.78. The van der Waals surface area contributed by atoms with Crippen molar-refractivity contribution in [1.82, 2.24) is 5.32 Å². The lowest BCUT2D eigenvalue weighted by atomic mass is 9.49. The third kappa shape index (κ3) is 3.95. The molecule has 3 rings (SSSR count). The van der Waals surface area contributed by atoms with E-state index in [1.807, 2.05) is 0 Å². The Morgan fingerprint density at radius 3 is 2.59 bits per heavy atom. The van der Waals surface area contributed by atoms with Crippen LogP contribution in [-0.2, 0) is 26.2 Å². The summed E-state index contributed by atoms with van der Waals surface area (Å²) in [5.74, 6) is -0.402. The summed E-state index contributed by atoms with van der Waals surface area (Å²) >= 11 is 0. The average molecular weight is 400 g/mol. The van der Waals surface area contributed by atoms with Gasteiger partial charge in [-0.15, -0.1) is 0 Å². The zero-order chi connectivity index (χ0) is 21.4. The Morgan fingerprint density at radius 1 is 1.21 bits per heavy atom. The summed E-state index contributed by atoms with van der Waals surface area (Å²) in [5.41, 5.74) is 4.64. The van der Waals surface area contributed by atoms with Gasteiger partial charge in [0.15, 0.2) is 0 Å². The molecule has 1 fully saturated rings. The van der Waals surface area contributed by atoms with Crippen LogP contribution in [0.25, 0.3) is 0 Å². The molecule has 1 amide bonds. The van der Waals surface area contributed by atoms with Crippen LogP contribution in [-0.4, -0.2) is 25.5 Å². The van der Waals surface area contributed by atoms with Crippen LogP contribution in [0.5, 0.6) is 0 Å². The normalized spacial score (nSPS) is 29.6. The number of rotatable bonds is 5. The molecule has 0 saturated heterocycles. The first-order valence-corrected chi connectivity index (χ1v) is 11.1. The number of hydrogen-bond donors (Lipinski definition) is 1. The Bertz CT molecular complexity index is 786. The number of hydrogen-bond acceptors (Lipinski definition) is 3. The molecule has 1 aromatic carbocycles. The third-order valence-electron chi connectivity index (χ3n) is 7.78. The molecule has 0 radical (unpaired) electrons. The Labute approximate surface area is 175 Å². The van der Waals surface area contributed by atoms with Crippen molar-refractivity contribution < 1.29 is 14.3 Å². The Kier molecular flexibility index (Phi) is 6.12. The lowest BCUT2D eigenvalue weighted by Gasteiger charge is -2.55. The molecular weight excluding hydrogens is 362 g/mol. The van der Waals surface area contributed by atoms with Gasteiger partial charge in [-0.2, -0.15) is 0 Å².